The number of hydrogen-bond acceptors (Lipinski definition) is 10. The maximum absolute atomic E-state index is 14.3. The average molecular weight is 759 g/mol. The molecule has 5 aromatic rings. The zero-order valence-corrected chi connectivity index (χ0v) is 31.3. The third-order valence-corrected chi connectivity index (χ3v) is 12.0. The van der Waals surface area contributed by atoms with Crippen LogP contribution in [0.4, 0.5) is 0 Å². The number of amides is 1. The van der Waals surface area contributed by atoms with E-state index in [2.05, 4.69) is 20.5 Å². The molecule has 54 heavy (non-hydrogen) atoms. The van der Waals surface area contributed by atoms with E-state index >= 15 is 0 Å². The molecule has 1 saturated carbocycles. The van der Waals surface area contributed by atoms with E-state index in [-0.39, 0.29) is 49.3 Å². The van der Waals surface area contributed by atoms with Gasteiger partial charge in [-0.25, -0.2) is 23.2 Å². The van der Waals surface area contributed by atoms with E-state index in [1.807, 2.05) is 30.3 Å². The summed E-state index contributed by atoms with van der Waals surface area (Å²) in [4.78, 5) is 47.8. The summed E-state index contributed by atoms with van der Waals surface area (Å²) < 4.78 is 33.4. The third kappa shape index (κ3) is 8.30. The van der Waals surface area contributed by atoms with E-state index in [4.69, 9.17) is 0 Å². The van der Waals surface area contributed by atoms with Gasteiger partial charge < -0.3 is 20.1 Å². The van der Waals surface area contributed by atoms with Gasteiger partial charge in [0.15, 0.2) is 5.65 Å². The van der Waals surface area contributed by atoms with Gasteiger partial charge in [-0.05, 0) is 66.5 Å². The summed E-state index contributed by atoms with van der Waals surface area (Å²) in [6.45, 7) is 3.28. The highest BCUT2D eigenvalue weighted by Crippen LogP contribution is 2.30. The van der Waals surface area contributed by atoms with Gasteiger partial charge in [-0.3, -0.25) is 13.9 Å². The highest BCUT2D eigenvalue weighted by molar-refractivity contribution is 7.89. The molecule has 0 saturated heterocycles. The van der Waals surface area contributed by atoms with E-state index in [1.165, 1.54) is 27.2 Å². The van der Waals surface area contributed by atoms with Crippen LogP contribution in [0.1, 0.15) is 56.1 Å². The molecule has 16 heteroatoms. The van der Waals surface area contributed by atoms with E-state index in [0.717, 1.165) is 29.4 Å². The minimum Gasteiger partial charge on any atom is -0.493 e. The first-order valence-corrected chi connectivity index (χ1v) is 19.5. The predicted molar refractivity (Wildman–Crippen MR) is 202 cm³/mol. The van der Waals surface area contributed by atoms with Gasteiger partial charge in [0, 0.05) is 26.3 Å². The molecular formula is C38H46N8O7S. The van der Waals surface area contributed by atoms with Crippen molar-refractivity contribution in [3.05, 3.63) is 111 Å². The van der Waals surface area contributed by atoms with E-state index in [1.54, 1.807) is 55.9 Å². The number of carbonyl (C=O) groups excluding carboxylic acids is 1. The summed E-state index contributed by atoms with van der Waals surface area (Å²) >= 11 is 0. The Morgan fingerprint density at radius 3 is 2.41 bits per heavy atom. The van der Waals surface area contributed by atoms with Gasteiger partial charge >= 0.3 is 5.69 Å². The molecule has 0 bridgehead atoms. The Hall–Kier alpha value is -5.19. The third-order valence-electron chi connectivity index (χ3n) is 10.2. The maximum atomic E-state index is 14.3. The standard InChI is InChI=1S/C38H46N8O7S/c1-25(2)35(46-24-34(48)45(38(46)50)23-33-41-30-13-8-18-39-36(30)43(33)3)37(49)42-31(19-26-9-5-4-6-10-26)32(47)22-44(21-28-11-7-12-28)54(52,53)29-16-14-27(15-17-29)20-40-51/h4-6,8-10,13-18,24-25,28,31-32,35,47-48H,7,11-12,19-23H2,1-3H3,(H,42,49)/t31-,32+,35-/m0/s1. The Balaban J connectivity index is 1.27. The number of nitroso groups, excluding NO2 is 1. The number of benzene rings is 2. The number of aromatic hydroxyl groups is 1. The highest BCUT2D eigenvalue weighted by Gasteiger charge is 2.36. The van der Waals surface area contributed by atoms with E-state index in [0.29, 0.717) is 22.6 Å². The maximum Gasteiger partial charge on any atom is 0.332 e. The number of nitrogens with zero attached hydrogens (tertiary/aromatic N) is 7. The predicted octanol–water partition coefficient (Wildman–Crippen LogP) is 3.73. The van der Waals surface area contributed by atoms with Crippen LogP contribution in [0.25, 0.3) is 11.2 Å². The summed E-state index contributed by atoms with van der Waals surface area (Å²) in [5.74, 6) is -0.761. The number of imidazole rings is 2. The van der Waals surface area contributed by atoms with E-state index < -0.39 is 45.7 Å². The SMILES string of the molecule is CC(C)[C@@H](C(=O)N[C@@H](Cc1ccccc1)[C@H](O)CN(CC1CCC1)S(=O)(=O)c1ccc(CN=O)cc1)n1cc(O)n(Cc2nc3cccnc3n2C)c1=O. The Morgan fingerprint density at radius 2 is 1.78 bits per heavy atom. The van der Waals surface area contributed by atoms with Gasteiger partial charge in [-0.2, -0.15) is 9.21 Å². The number of aromatic nitrogens is 5. The number of pyridine rings is 1. The molecule has 1 aliphatic carbocycles. The molecule has 0 radical (unpaired) electrons. The Bertz CT molecular complexity index is 2250. The van der Waals surface area contributed by atoms with Crippen LogP contribution in [0.5, 0.6) is 5.88 Å². The van der Waals surface area contributed by atoms with Crippen LogP contribution in [-0.2, 0) is 41.4 Å². The van der Waals surface area contributed by atoms with Crippen molar-refractivity contribution >= 4 is 27.1 Å². The molecule has 3 N–H and O–H groups in total. The first-order valence-electron chi connectivity index (χ1n) is 18.0. The van der Waals surface area contributed by atoms with Crippen LogP contribution < -0.4 is 11.0 Å². The number of sulfonamides is 1. The van der Waals surface area contributed by atoms with Crippen LogP contribution >= 0.6 is 0 Å². The number of nitrogens with one attached hydrogen (secondary N) is 1. The smallest absolute Gasteiger partial charge is 0.332 e. The Labute approximate surface area is 313 Å². The Morgan fingerprint density at radius 1 is 1.06 bits per heavy atom. The lowest BCUT2D eigenvalue weighted by atomic mass is 9.85. The minimum atomic E-state index is -4.09. The van der Waals surface area contributed by atoms with Crippen LogP contribution in [0, 0.1) is 16.7 Å². The summed E-state index contributed by atoms with van der Waals surface area (Å²) in [6.07, 6.45) is 4.40. The second-order valence-electron chi connectivity index (χ2n) is 14.3. The molecule has 3 atom stereocenters. The van der Waals surface area contributed by atoms with Crippen molar-refractivity contribution in [2.75, 3.05) is 13.1 Å². The van der Waals surface area contributed by atoms with Crippen molar-refractivity contribution < 1.29 is 23.4 Å². The Kier molecular flexibility index (Phi) is 11.7. The monoisotopic (exact) mass is 758 g/mol. The number of aryl methyl sites for hydroxylation is 1. The van der Waals surface area contributed by atoms with Gasteiger partial charge in [0.05, 0.1) is 29.8 Å². The summed E-state index contributed by atoms with van der Waals surface area (Å²) in [5.41, 5.74) is 1.99. The molecule has 1 fully saturated rings. The van der Waals surface area contributed by atoms with E-state index in [9.17, 15) is 33.1 Å². The number of aliphatic hydroxyl groups excluding tert-OH is 1. The highest BCUT2D eigenvalue weighted by atomic mass is 32.2. The van der Waals surface area contributed by atoms with Crippen molar-refractivity contribution in [2.45, 2.75) is 75.7 Å². The van der Waals surface area contributed by atoms with Crippen LogP contribution in [0.15, 0.2) is 94.0 Å². The van der Waals surface area contributed by atoms with Crippen molar-refractivity contribution in [3.8, 4) is 5.88 Å². The lowest BCUT2D eigenvalue weighted by Gasteiger charge is -2.35. The van der Waals surface area contributed by atoms with Crippen molar-refractivity contribution in [1.82, 2.24) is 33.3 Å². The average Bonchev–Trinajstić information content (AvgIpc) is 3.59. The lowest BCUT2D eigenvalue weighted by Crippen LogP contribution is -2.53. The van der Waals surface area contributed by atoms with Crippen molar-refractivity contribution in [2.24, 2.45) is 24.1 Å². The summed E-state index contributed by atoms with van der Waals surface area (Å²) in [7, 11) is -2.32. The molecule has 6 rings (SSSR count). The van der Waals surface area contributed by atoms with Crippen molar-refractivity contribution in [3.63, 3.8) is 0 Å². The zero-order valence-electron chi connectivity index (χ0n) is 30.5. The second kappa shape index (κ2) is 16.4. The summed E-state index contributed by atoms with van der Waals surface area (Å²) in [5, 5.41) is 28.7. The molecule has 15 nitrogen and oxygen atoms in total. The zero-order chi connectivity index (χ0) is 38.6. The molecule has 0 spiro atoms. The molecule has 0 unspecified atom stereocenters. The molecule has 0 aliphatic heterocycles. The van der Waals surface area contributed by atoms with Crippen molar-refractivity contribution in [1.29, 1.82) is 0 Å². The fourth-order valence-electron chi connectivity index (χ4n) is 6.92. The van der Waals surface area contributed by atoms with Gasteiger partial charge in [0.1, 0.15) is 23.9 Å². The molecule has 3 heterocycles. The number of rotatable bonds is 17. The molecule has 1 amide bonds. The molecular weight excluding hydrogens is 713 g/mol. The normalized spacial score (nSPS) is 15.3. The van der Waals surface area contributed by atoms with Gasteiger partial charge in [-0.15, -0.1) is 0 Å². The number of aliphatic hydroxyl groups is 1. The number of carbonyl (C=O) groups is 1. The molecule has 3 aromatic heterocycles. The number of hydrogen-bond donors (Lipinski definition) is 3. The first-order chi connectivity index (χ1) is 25.9. The number of fused-ring (bicyclic) bond motifs is 1. The fourth-order valence-corrected chi connectivity index (χ4v) is 8.45. The quantitative estimate of drug-likeness (QED) is 0.119. The van der Waals surface area contributed by atoms with Gasteiger partial charge in [0.25, 0.3) is 0 Å². The molecule has 1 aliphatic rings. The van der Waals surface area contributed by atoms with Crippen LogP contribution in [0.2, 0.25) is 0 Å². The lowest BCUT2D eigenvalue weighted by molar-refractivity contribution is -0.127. The van der Waals surface area contributed by atoms with Crippen LogP contribution in [0.3, 0.4) is 0 Å². The first kappa shape index (κ1) is 38.5. The fraction of sp³-hybridized carbons (Fsp3) is 0.421. The minimum absolute atomic E-state index is 0.0192. The van der Waals surface area contributed by atoms with Gasteiger partial charge in [-0.1, -0.05) is 67.9 Å². The van der Waals surface area contributed by atoms with Crippen LogP contribution in [-0.4, -0.2) is 77.7 Å². The van der Waals surface area contributed by atoms with Gasteiger partial charge in [0.2, 0.25) is 21.8 Å². The molecule has 2 aromatic carbocycles. The largest absolute Gasteiger partial charge is 0.493 e. The summed E-state index contributed by atoms with van der Waals surface area (Å²) in [6, 6.07) is 16.7. The second-order valence-corrected chi connectivity index (χ2v) is 16.2. The molecule has 286 valence electrons. The topological polar surface area (TPSA) is 194 Å².